The molecular formula is C33H36O4. The van der Waals surface area contributed by atoms with E-state index in [1.165, 1.54) is 0 Å². The normalized spacial score (nSPS) is 11.2. The fraction of sp³-hybridized carbons (Fsp3) is 0.273. The van der Waals surface area contributed by atoms with Gasteiger partial charge in [-0.25, -0.2) is 0 Å². The quantitative estimate of drug-likeness (QED) is 0.230. The molecule has 0 spiro atoms. The van der Waals surface area contributed by atoms with Gasteiger partial charge in [-0.1, -0.05) is 72.8 Å². The Kier molecular flexibility index (Phi) is 7.49. The van der Waals surface area contributed by atoms with Crippen LogP contribution < -0.4 is 18.9 Å². The molecule has 0 aliphatic carbocycles. The zero-order chi connectivity index (χ0) is 26.7. The molecule has 0 amide bonds. The predicted molar refractivity (Wildman–Crippen MR) is 149 cm³/mol. The van der Waals surface area contributed by atoms with Gasteiger partial charge in [0.2, 0.25) is 0 Å². The molecule has 0 radical (unpaired) electrons. The van der Waals surface area contributed by atoms with Crippen molar-refractivity contribution in [3.63, 3.8) is 0 Å². The van der Waals surface area contributed by atoms with Crippen LogP contribution in [0.1, 0.15) is 44.5 Å². The molecule has 0 saturated heterocycles. The maximum absolute atomic E-state index is 6.74. The van der Waals surface area contributed by atoms with Gasteiger partial charge in [-0.2, -0.15) is 0 Å². The van der Waals surface area contributed by atoms with Gasteiger partial charge in [-0.05, 0) is 99.9 Å². The SMILES string of the molecule is Cc1cccc(C)c1OC(Oc1c(C)cccc1C)(Oc1c(C)cccc1C)Oc1c(C)cccc1C. The Morgan fingerprint density at radius 1 is 0.324 bits per heavy atom. The van der Waals surface area contributed by atoms with Gasteiger partial charge in [-0.15, -0.1) is 0 Å². The van der Waals surface area contributed by atoms with E-state index < -0.39 is 6.16 Å². The standard InChI is InChI=1S/C33H36O4/c1-21-13-9-14-22(2)29(21)34-33(35-30-23(3)15-10-16-24(30)4,36-31-25(5)17-11-18-26(31)6)37-32-27(7)19-12-20-28(32)8/h9-20H,1-8H3. The third kappa shape index (κ3) is 5.59. The van der Waals surface area contributed by atoms with Crippen LogP contribution in [0.25, 0.3) is 0 Å². The van der Waals surface area contributed by atoms with E-state index in [9.17, 15) is 0 Å². The molecule has 4 aromatic rings. The van der Waals surface area contributed by atoms with Crippen molar-refractivity contribution in [1.82, 2.24) is 0 Å². The van der Waals surface area contributed by atoms with Gasteiger partial charge in [0.1, 0.15) is 23.0 Å². The third-order valence-corrected chi connectivity index (χ3v) is 6.54. The summed E-state index contributed by atoms with van der Waals surface area (Å²) in [6.45, 7) is 16.0. The second-order valence-electron chi connectivity index (χ2n) is 9.79. The number of aryl methyl sites for hydroxylation is 8. The van der Waals surface area contributed by atoms with E-state index in [1.54, 1.807) is 0 Å². The van der Waals surface area contributed by atoms with Crippen molar-refractivity contribution >= 4 is 0 Å². The Morgan fingerprint density at radius 3 is 0.649 bits per heavy atom. The average Bonchev–Trinajstić information content (AvgIpc) is 2.84. The van der Waals surface area contributed by atoms with Crippen LogP contribution in [-0.2, 0) is 0 Å². The van der Waals surface area contributed by atoms with E-state index in [0.717, 1.165) is 44.5 Å². The number of rotatable bonds is 8. The number of hydrogen-bond acceptors (Lipinski definition) is 4. The molecule has 4 aromatic carbocycles. The van der Waals surface area contributed by atoms with Gasteiger partial charge in [0.25, 0.3) is 0 Å². The summed E-state index contributed by atoms with van der Waals surface area (Å²) in [5, 5.41) is 0. The molecule has 0 fully saturated rings. The Balaban J connectivity index is 1.98. The molecule has 192 valence electrons. The first-order valence-corrected chi connectivity index (χ1v) is 12.6. The maximum Gasteiger partial charge on any atom is 0.611 e. The number of benzene rings is 4. The van der Waals surface area contributed by atoms with Gasteiger partial charge >= 0.3 is 6.16 Å². The van der Waals surface area contributed by atoms with Gasteiger partial charge in [-0.3, -0.25) is 0 Å². The summed E-state index contributed by atoms with van der Waals surface area (Å²) in [6, 6.07) is 24.0. The van der Waals surface area contributed by atoms with Crippen molar-refractivity contribution in [2.24, 2.45) is 0 Å². The predicted octanol–water partition coefficient (Wildman–Crippen LogP) is 8.38. The van der Waals surface area contributed by atoms with E-state index >= 15 is 0 Å². The number of ether oxygens (including phenoxy) is 4. The van der Waals surface area contributed by atoms with Crippen LogP contribution in [0, 0.1) is 55.4 Å². The monoisotopic (exact) mass is 496 g/mol. The fourth-order valence-corrected chi connectivity index (χ4v) is 4.47. The van der Waals surface area contributed by atoms with Crippen LogP contribution >= 0.6 is 0 Å². The lowest BCUT2D eigenvalue weighted by Crippen LogP contribution is -2.54. The van der Waals surface area contributed by atoms with Crippen molar-refractivity contribution in [3.05, 3.63) is 117 Å². The summed E-state index contributed by atoms with van der Waals surface area (Å²) in [5.41, 5.74) is 7.59. The lowest BCUT2D eigenvalue weighted by Gasteiger charge is -2.35. The molecule has 0 bridgehead atoms. The largest absolute Gasteiger partial charge is 0.611 e. The Hall–Kier alpha value is -3.92. The summed E-state index contributed by atoms with van der Waals surface area (Å²) in [7, 11) is 0. The second-order valence-corrected chi connectivity index (χ2v) is 9.79. The van der Waals surface area contributed by atoms with Crippen molar-refractivity contribution in [2.75, 3.05) is 0 Å². The van der Waals surface area contributed by atoms with Gasteiger partial charge in [0.15, 0.2) is 0 Å². The highest BCUT2D eigenvalue weighted by atomic mass is 17.0. The van der Waals surface area contributed by atoms with Crippen LogP contribution in [-0.4, -0.2) is 6.16 Å². The van der Waals surface area contributed by atoms with E-state index in [4.69, 9.17) is 18.9 Å². The van der Waals surface area contributed by atoms with Crippen molar-refractivity contribution < 1.29 is 18.9 Å². The minimum absolute atomic E-state index is 0.645. The smallest absolute Gasteiger partial charge is 0.385 e. The van der Waals surface area contributed by atoms with Crippen LogP contribution in [0.2, 0.25) is 0 Å². The van der Waals surface area contributed by atoms with Crippen molar-refractivity contribution in [2.45, 2.75) is 61.5 Å². The van der Waals surface area contributed by atoms with E-state index in [2.05, 4.69) is 0 Å². The minimum Gasteiger partial charge on any atom is -0.385 e. The summed E-state index contributed by atoms with van der Waals surface area (Å²) < 4.78 is 27.0. The molecular weight excluding hydrogens is 460 g/mol. The lowest BCUT2D eigenvalue weighted by molar-refractivity contribution is -0.368. The Bertz CT molecular complexity index is 1120. The van der Waals surface area contributed by atoms with Crippen LogP contribution in [0.3, 0.4) is 0 Å². The molecule has 4 rings (SSSR count). The topological polar surface area (TPSA) is 36.9 Å². The molecule has 0 aliphatic rings. The van der Waals surface area contributed by atoms with Gasteiger partial charge in [0.05, 0.1) is 0 Å². The van der Waals surface area contributed by atoms with Crippen molar-refractivity contribution in [1.29, 1.82) is 0 Å². The summed E-state index contributed by atoms with van der Waals surface area (Å²) >= 11 is 0. The van der Waals surface area contributed by atoms with E-state index in [-0.39, 0.29) is 0 Å². The highest BCUT2D eigenvalue weighted by molar-refractivity contribution is 5.45. The molecule has 0 saturated carbocycles. The molecule has 0 heterocycles. The van der Waals surface area contributed by atoms with Crippen LogP contribution in [0.5, 0.6) is 23.0 Å². The first-order chi connectivity index (χ1) is 17.6. The van der Waals surface area contributed by atoms with Crippen molar-refractivity contribution in [3.8, 4) is 23.0 Å². The zero-order valence-corrected chi connectivity index (χ0v) is 23.1. The molecule has 0 aliphatic heterocycles. The van der Waals surface area contributed by atoms with E-state index in [1.807, 2.05) is 128 Å². The molecule has 4 heteroatoms. The highest BCUT2D eigenvalue weighted by Gasteiger charge is 2.46. The molecule has 0 atom stereocenters. The first kappa shape index (κ1) is 26.2. The van der Waals surface area contributed by atoms with Gasteiger partial charge < -0.3 is 18.9 Å². The molecule has 0 N–H and O–H groups in total. The van der Waals surface area contributed by atoms with Gasteiger partial charge in [0, 0.05) is 0 Å². The maximum atomic E-state index is 6.74. The molecule has 37 heavy (non-hydrogen) atoms. The Morgan fingerprint density at radius 2 is 0.486 bits per heavy atom. The minimum atomic E-state index is -1.96. The summed E-state index contributed by atoms with van der Waals surface area (Å²) in [5.74, 6) is 2.58. The highest BCUT2D eigenvalue weighted by Crippen LogP contribution is 2.38. The Labute approximate surface area is 220 Å². The van der Waals surface area contributed by atoms with Crippen LogP contribution in [0.4, 0.5) is 0 Å². The summed E-state index contributed by atoms with van der Waals surface area (Å²) in [4.78, 5) is 0. The molecule has 0 unspecified atom stereocenters. The second kappa shape index (κ2) is 10.6. The van der Waals surface area contributed by atoms with Crippen LogP contribution in [0.15, 0.2) is 72.8 Å². The molecule has 0 aromatic heterocycles. The average molecular weight is 497 g/mol. The molecule has 4 nitrogen and oxygen atoms in total. The fourth-order valence-electron chi connectivity index (χ4n) is 4.47. The number of para-hydroxylation sites is 4. The lowest BCUT2D eigenvalue weighted by atomic mass is 10.1. The summed E-state index contributed by atoms with van der Waals surface area (Å²) in [6.07, 6.45) is -1.96. The first-order valence-electron chi connectivity index (χ1n) is 12.6. The zero-order valence-electron chi connectivity index (χ0n) is 23.1. The van der Waals surface area contributed by atoms with E-state index in [0.29, 0.717) is 23.0 Å². The number of hydrogen-bond donors (Lipinski definition) is 0. The third-order valence-electron chi connectivity index (χ3n) is 6.54.